The quantitative estimate of drug-likeness (QED) is 0.105. The Hall–Kier alpha value is -13.9. The van der Waals surface area contributed by atoms with Crippen LogP contribution in [0.15, 0.2) is 322 Å². The van der Waals surface area contributed by atoms with Crippen molar-refractivity contribution in [3.63, 3.8) is 0 Å². The van der Waals surface area contributed by atoms with E-state index >= 15 is 0 Å². The van der Waals surface area contributed by atoms with Crippen molar-refractivity contribution in [3.8, 4) is 68.5 Å². The van der Waals surface area contributed by atoms with Crippen LogP contribution in [0.5, 0.6) is 11.6 Å². The second-order valence-electron chi connectivity index (χ2n) is 32.0. The van der Waals surface area contributed by atoms with Crippen LogP contribution in [-0.2, 0) is 5.41 Å². The van der Waals surface area contributed by atoms with Gasteiger partial charge in [-0.1, -0.05) is 233 Å². The van der Waals surface area contributed by atoms with E-state index in [1.54, 1.807) is 0 Å². The van der Waals surface area contributed by atoms with E-state index in [-0.39, 0.29) is 5.41 Å². The van der Waals surface area contributed by atoms with Crippen molar-refractivity contribution in [3.05, 3.63) is 407 Å². The van der Waals surface area contributed by atoms with E-state index in [0.717, 1.165) is 127 Å². The van der Waals surface area contributed by atoms with Gasteiger partial charge in [0.15, 0.2) is 5.82 Å². The molecule has 0 saturated carbocycles. The van der Waals surface area contributed by atoms with Crippen molar-refractivity contribution in [2.24, 2.45) is 0 Å². The number of hydrogen-bond donors (Lipinski definition) is 0. The Morgan fingerprint density at radius 3 is 1.10 bits per heavy atom. The predicted octanol–water partition coefficient (Wildman–Crippen LogP) is 26.4. The van der Waals surface area contributed by atoms with E-state index in [1.165, 1.54) is 75.7 Å². The topological polar surface area (TPSA) is 123 Å². The van der Waals surface area contributed by atoms with Gasteiger partial charge in [-0.25, -0.2) is 29.3 Å². The zero-order valence-corrected chi connectivity index (χ0v) is 73.8. The maximum absolute atomic E-state index is 5.86. The summed E-state index contributed by atoms with van der Waals surface area (Å²) in [6, 6.07) is 109. The number of rotatable bonds is 14. The van der Waals surface area contributed by atoms with E-state index in [0.29, 0.717) is 5.88 Å². The summed E-state index contributed by atoms with van der Waals surface area (Å²) in [6.45, 7) is 38.3. The molecule has 17 aromatic rings. The number of benzene rings is 11. The fraction of sp³-hybridized carbons (Fsp3) is 0.215. The molecule has 7 heterocycles. The molecule has 6 aromatic heterocycles. The second-order valence-corrected chi connectivity index (χ2v) is 32.0. The monoisotopic (exact) mass is 1610 g/mol. The van der Waals surface area contributed by atoms with Gasteiger partial charge in [0.1, 0.15) is 23.2 Å². The summed E-state index contributed by atoms with van der Waals surface area (Å²) in [5.74, 6) is 6.67. The molecule has 1 aliphatic heterocycles. The van der Waals surface area contributed by atoms with Crippen LogP contribution < -0.4 is 14.5 Å². The maximum Gasteiger partial charge on any atom is 0.241 e. The third kappa shape index (κ3) is 20.0. The molecule has 11 aromatic carbocycles. The lowest BCUT2D eigenvalue weighted by molar-refractivity contribution is 0.454. The van der Waals surface area contributed by atoms with Crippen molar-refractivity contribution in [2.75, 3.05) is 22.9 Å². The summed E-state index contributed by atoms with van der Waals surface area (Å²) >= 11 is 0. The molecule has 1 saturated heterocycles. The number of anilines is 4. The standard InChI is InChI=1S/C23H21N3.C19H20N2.C17H16N2O.C17H16N2.C16H21N3.C15H20N2/c1-18-19(2)26(22-16-10-5-11-17-22)24-23(18)25(20-12-6-3-7-13-20)21-14-8-4-9-15-21;1-13-9-8-10-14(2)18(13)19-20-15(3)16(4)21(19)17-11-6-5-7-12-17;1-13-14(2)19(15-9-5-3-6-10-15)18-17(13)20-16-11-7-4-8-12-16;1-13-14(2)19(16-11-7-4-8-12-16)17(18-13)15-9-5-3-6-10-15;1-13-14(2)19(15-9-5-3-6-10-15)16(17-13)18-11-7-4-8-12-18;1-11-12(2)17(13-9-7-6-8-10-13)14(16-11)15(3,4)5/h3-17H,1-2H3;5-12H,1-4H3;3-12H,1-2H3;3-12H,1-2H3;3,5-6,9-10H,4,7-8,11-12H2,1-2H3;6-10H,1-5H3. The first-order valence-corrected chi connectivity index (χ1v) is 42.2. The first-order valence-electron chi connectivity index (χ1n) is 42.2. The van der Waals surface area contributed by atoms with E-state index in [9.17, 15) is 0 Å². The average Bonchev–Trinajstić information content (AvgIpc) is 1.60. The number of aromatic nitrogens is 12. The molecular formula is C107H114N14O. The molecule has 0 N–H and O–H groups in total. The molecule has 18 rings (SSSR count). The largest absolute Gasteiger partial charge is 0.437 e. The van der Waals surface area contributed by atoms with Gasteiger partial charge in [0, 0.05) is 109 Å². The highest BCUT2D eigenvalue weighted by molar-refractivity contribution is 5.77. The van der Waals surface area contributed by atoms with E-state index in [2.05, 4.69) is 331 Å². The number of nitrogens with zero attached hydrogens (tertiary/aromatic N) is 14. The molecule has 0 radical (unpaired) electrons. The van der Waals surface area contributed by atoms with E-state index < -0.39 is 0 Å². The van der Waals surface area contributed by atoms with Crippen molar-refractivity contribution < 1.29 is 4.74 Å². The Balaban J connectivity index is 0.000000127. The number of ether oxygens (including phenoxy) is 1. The van der Waals surface area contributed by atoms with Crippen molar-refractivity contribution in [2.45, 2.75) is 142 Å². The third-order valence-corrected chi connectivity index (χ3v) is 22.4. The fourth-order valence-corrected chi connectivity index (χ4v) is 15.1. The maximum atomic E-state index is 5.86. The number of para-hydroxylation sites is 9. The van der Waals surface area contributed by atoms with Crippen LogP contribution in [0.1, 0.15) is 125 Å². The van der Waals surface area contributed by atoms with Gasteiger partial charge in [0.25, 0.3) is 0 Å². The number of aryl methyl sites for hydroxylation is 6. The van der Waals surface area contributed by atoms with E-state index in [1.807, 2.05) is 151 Å². The summed E-state index contributed by atoms with van der Waals surface area (Å²) in [5.41, 5.74) is 27.6. The van der Waals surface area contributed by atoms with Gasteiger partial charge in [-0.2, -0.15) is 0 Å². The smallest absolute Gasteiger partial charge is 0.241 e. The number of piperidine rings is 1. The number of hydrogen-bond acceptors (Lipinski definition) is 9. The summed E-state index contributed by atoms with van der Waals surface area (Å²) in [7, 11) is 0. The lowest BCUT2D eigenvalue weighted by Crippen LogP contribution is -2.31. The molecule has 0 aliphatic carbocycles. The normalized spacial score (nSPS) is 11.6. The Bertz CT molecular complexity index is 6120. The van der Waals surface area contributed by atoms with E-state index in [4.69, 9.17) is 29.8 Å². The Labute approximate surface area is 721 Å². The molecule has 0 amide bonds. The average molecular weight is 1610 g/mol. The summed E-state index contributed by atoms with van der Waals surface area (Å²) < 4.78 is 18.8. The highest BCUT2D eigenvalue weighted by atomic mass is 16.5. The van der Waals surface area contributed by atoms with Crippen LogP contribution in [0, 0.1) is 96.9 Å². The van der Waals surface area contributed by atoms with Crippen LogP contribution in [-0.4, -0.2) is 70.9 Å². The van der Waals surface area contributed by atoms with Gasteiger partial charge < -0.3 is 14.2 Å². The van der Waals surface area contributed by atoms with Crippen molar-refractivity contribution in [1.29, 1.82) is 0 Å². The molecule has 15 heteroatoms. The first kappa shape index (κ1) is 85.9. The lowest BCUT2D eigenvalue weighted by atomic mass is 9.95. The van der Waals surface area contributed by atoms with Gasteiger partial charge in [0.05, 0.1) is 34.2 Å². The van der Waals surface area contributed by atoms with Crippen LogP contribution >= 0.6 is 0 Å². The number of imidazole rings is 4. The lowest BCUT2D eigenvalue weighted by Gasteiger charge is -2.28. The predicted molar refractivity (Wildman–Crippen MR) is 505 cm³/mol. The van der Waals surface area contributed by atoms with Gasteiger partial charge >= 0.3 is 0 Å². The Morgan fingerprint density at radius 1 is 0.303 bits per heavy atom. The van der Waals surface area contributed by atoms with Crippen molar-refractivity contribution >= 4 is 23.1 Å². The molecular weight excluding hydrogens is 1500 g/mol. The van der Waals surface area contributed by atoms with Crippen molar-refractivity contribution in [1.82, 2.24) is 57.8 Å². The van der Waals surface area contributed by atoms with Crippen LogP contribution in [0.4, 0.5) is 23.1 Å². The van der Waals surface area contributed by atoms with Gasteiger partial charge in [-0.15, -0.1) is 10.2 Å². The van der Waals surface area contributed by atoms with Gasteiger partial charge in [0.2, 0.25) is 11.8 Å². The molecule has 1 aliphatic rings. The Kier molecular flexibility index (Phi) is 28.0. The zero-order valence-electron chi connectivity index (χ0n) is 73.8. The Morgan fingerprint density at radius 2 is 0.648 bits per heavy atom. The minimum Gasteiger partial charge on any atom is -0.437 e. The van der Waals surface area contributed by atoms with Gasteiger partial charge in [-0.05, 0) is 237 Å². The molecule has 0 spiro atoms. The molecule has 0 unspecified atom stereocenters. The molecule has 1 fully saturated rings. The van der Waals surface area contributed by atoms with Gasteiger partial charge in [-0.3, -0.25) is 18.6 Å². The fourth-order valence-electron chi connectivity index (χ4n) is 15.1. The van der Waals surface area contributed by atoms with Crippen LogP contribution in [0.25, 0.3) is 56.9 Å². The molecule has 0 bridgehead atoms. The summed E-state index contributed by atoms with van der Waals surface area (Å²) in [6.07, 6.45) is 3.90. The second kappa shape index (κ2) is 39.8. The minimum absolute atomic E-state index is 0.0505. The SMILES string of the molecule is Cc1c(N(c2ccccc2)c2ccccc2)nn(-c2ccccc2)c1C.Cc1c(Oc2ccccc2)nn(-c2ccccc2)c1C.Cc1cccc(C)c1-c1nc(C)c(C)n1-c1ccccc1.Cc1nc(-c2ccccc2)n(-c2ccccc2)c1C.Cc1nc(C(C)(C)C)n(-c2ccccc2)c1C.Cc1nc(N2CCCCC2)n(-c2ccccc2)c1C. The molecule has 618 valence electrons. The third-order valence-electron chi connectivity index (χ3n) is 22.4. The zero-order chi connectivity index (χ0) is 86.0. The van der Waals surface area contributed by atoms with Crippen LogP contribution in [0.3, 0.4) is 0 Å². The highest BCUT2D eigenvalue weighted by Gasteiger charge is 2.27. The summed E-state index contributed by atoms with van der Waals surface area (Å²) in [5, 5.41) is 9.54. The molecule has 122 heavy (non-hydrogen) atoms. The first-order chi connectivity index (χ1) is 59.1. The van der Waals surface area contributed by atoms with Crippen LogP contribution in [0.2, 0.25) is 0 Å². The summed E-state index contributed by atoms with van der Waals surface area (Å²) in [4.78, 5) is 23.7. The highest BCUT2D eigenvalue weighted by Crippen LogP contribution is 2.39. The minimum atomic E-state index is 0.0505. The molecule has 15 nitrogen and oxygen atoms in total. The molecule has 0 atom stereocenters.